The minimum atomic E-state index is -0.452. The summed E-state index contributed by atoms with van der Waals surface area (Å²) >= 11 is 0. The summed E-state index contributed by atoms with van der Waals surface area (Å²) in [5.74, 6) is -0.0466. The first-order valence-electron chi connectivity index (χ1n) is 7.02. The molecule has 2 unspecified atom stereocenters. The number of hydrogen-bond acceptors (Lipinski definition) is 3. The van der Waals surface area contributed by atoms with E-state index < -0.39 is 5.54 Å². The molecule has 0 bridgehead atoms. The first-order valence-corrected chi connectivity index (χ1v) is 7.02. The predicted molar refractivity (Wildman–Crippen MR) is 69.1 cm³/mol. The Bertz CT molecular complexity index is 324. The molecule has 5 nitrogen and oxygen atoms in total. The number of hydrogen-bond donors (Lipinski definition) is 3. The van der Waals surface area contributed by atoms with Crippen LogP contribution in [0.4, 0.5) is 0 Å². The Morgan fingerprint density at radius 3 is 2.89 bits per heavy atom. The second-order valence-corrected chi connectivity index (χ2v) is 5.28. The van der Waals surface area contributed by atoms with Gasteiger partial charge in [-0.2, -0.15) is 0 Å². The fourth-order valence-electron chi connectivity index (χ4n) is 2.84. The Morgan fingerprint density at radius 2 is 2.22 bits per heavy atom. The number of carbonyl (C=O) groups is 2. The van der Waals surface area contributed by atoms with Crippen LogP contribution in [0.3, 0.4) is 0 Å². The van der Waals surface area contributed by atoms with Gasteiger partial charge in [-0.1, -0.05) is 6.92 Å². The van der Waals surface area contributed by atoms with E-state index in [0.717, 1.165) is 51.6 Å². The zero-order valence-electron chi connectivity index (χ0n) is 11.1. The summed E-state index contributed by atoms with van der Waals surface area (Å²) in [6.45, 7) is 3.63. The molecule has 2 fully saturated rings. The highest BCUT2D eigenvalue weighted by molar-refractivity contribution is 5.92. The Balaban J connectivity index is 1.98. The quantitative estimate of drug-likeness (QED) is 0.677. The molecular weight excluding hydrogens is 230 g/mol. The lowest BCUT2D eigenvalue weighted by Gasteiger charge is -2.28. The van der Waals surface area contributed by atoms with E-state index in [1.54, 1.807) is 0 Å². The van der Waals surface area contributed by atoms with Crippen LogP contribution in [-0.2, 0) is 9.59 Å². The van der Waals surface area contributed by atoms with Crippen LogP contribution in [0.1, 0.15) is 45.4 Å². The SMILES string of the molecule is CCC1(C(=O)NC2CCCCNC2=O)CCCN1. The van der Waals surface area contributed by atoms with Gasteiger partial charge in [-0.3, -0.25) is 9.59 Å². The summed E-state index contributed by atoms with van der Waals surface area (Å²) in [5, 5.41) is 9.07. The fraction of sp³-hybridized carbons (Fsp3) is 0.846. The standard InChI is InChI=1S/C13H23N3O2/c1-2-13(7-5-9-15-13)12(18)16-10-6-3-4-8-14-11(10)17/h10,15H,2-9H2,1H3,(H,14,17)(H,16,18). The highest BCUT2D eigenvalue weighted by atomic mass is 16.2. The summed E-state index contributed by atoms with van der Waals surface area (Å²) in [7, 11) is 0. The number of amides is 2. The van der Waals surface area contributed by atoms with Crippen molar-refractivity contribution in [3.05, 3.63) is 0 Å². The van der Waals surface area contributed by atoms with Gasteiger partial charge in [0.15, 0.2) is 0 Å². The van der Waals surface area contributed by atoms with Crippen LogP contribution in [0, 0.1) is 0 Å². The predicted octanol–water partition coefficient (Wildman–Crippen LogP) is 0.304. The lowest BCUT2D eigenvalue weighted by Crippen LogP contribution is -2.57. The van der Waals surface area contributed by atoms with E-state index in [0.29, 0.717) is 0 Å². The van der Waals surface area contributed by atoms with E-state index in [2.05, 4.69) is 16.0 Å². The van der Waals surface area contributed by atoms with E-state index in [1.807, 2.05) is 6.92 Å². The van der Waals surface area contributed by atoms with E-state index >= 15 is 0 Å². The average molecular weight is 253 g/mol. The smallest absolute Gasteiger partial charge is 0.242 e. The topological polar surface area (TPSA) is 70.2 Å². The van der Waals surface area contributed by atoms with Crippen molar-refractivity contribution in [2.24, 2.45) is 0 Å². The van der Waals surface area contributed by atoms with Crippen LogP contribution >= 0.6 is 0 Å². The third-order valence-corrected chi connectivity index (χ3v) is 4.12. The van der Waals surface area contributed by atoms with Gasteiger partial charge in [-0.25, -0.2) is 0 Å². The van der Waals surface area contributed by atoms with Crippen molar-refractivity contribution in [1.29, 1.82) is 0 Å². The van der Waals surface area contributed by atoms with E-state index in [9.17, 15) is 9.59 Å². The zero-order valence-corrected chi connectivity index (χ0v) is 11.1. The zero-order chi connectivity index (χ0) is 13.0. The summed E-state index contributed by atoms with van der Waals surface area (Å²) in [4.78, 5) is 24.2. The molecule has 18 heavy (non-hydrogen) atoms. The van der Waals surface area contributed by atoms with Gasteiger partial charge in [0.2, 0.25) is 11.8 Å². The second-order valence-electron chi connectivity index (χ2n) is 5.28. The maximum absolute atomic E-state index is 12.4. The van der Waals surface area contributed by atoms with Crippen molar-refractivity contribution in [3.8, 4) is 0 Å². The summed E-state index contributed by atoms with van der Waals surface area (Å²) in [6.07, 6.45) is 5.39. The molecule has 2 saturated heterocycles. The van der Waals surface area contributed by atoms with Crippen LogP contribution in [0.25, 0.3) is 0 Å². The Morgan fingerprint density at radius 1 is 1.39 bits per heavy atom. The molecule has 2 aliphatic heterocycles. The lowest BCUT2D eigenvalue weighted by molar-refractivity contribution is -0.132. The van der Waals surface area contributed by atoms with Gasteiger partial charge in [0.25, 0.3) is 0 Å². The molecule has 0 aromatic carbocycles. The number of rotatable bonds is 3. The molecule has 0 saturated carbocycles. The highest BCUT2D eigenvalue weighted by Crippen LogP contribution is 2.23. The third-order valence-electron chi connectivity index (χ3n) is 4.12. The van der Waals surface area contributed by atoms with Crippen molar-refractivity contribution < 1.29 is 9.59 Å². The van der Waals surface area contributed by atoms with Gasteiger partial charge in [-0.15, -0.1) is 0 Å². The van der Waals surface area contributed by atoms with Gasteiger partial charge in [0.05, 0.1) is 5.54 Å². The largest absolute Gasteiger partial charge is 0.354 e. The molecule has 0 aliphatic carbocycles. The number of nitrogens with one attached hydrogen (secondary N) is 3. The first-order chi connectivity index (χ1) is 8.68. The van der Waals surface area contributed by atoms with Crippen LogP contribution in [0.5, 0.6) is 0 Å². The van der Waals surface area contributed by atoms with Gasteiger partial charge >= 0.3 is 0 Å². The van der Waals surface area contributed by atoms with Gasteiger partial charge in [0.1, 0.15) is 6.04 Å². The molecule has 2 rings (SSSR count). The van der Waals surface area contributed by atoms with Crippen molar-refractivity contribution in [2.45, 2.75) is 57.0 Å². The molecule has 3 N–H and O–H groups in total. The van der Waals surface area contributed by atoms with E-state index in [4.69, 9.17) is 0 Å². The average Bonchev–Trinajstić information content (AvgIpc) is 2.78. The maximum atomic E-state index is 12.4. The molecule has 0 spiro atoms. The molecule has 0 aromatic rings. The lowest BCUT2D eigenvalue weighted by atomic mass is 9.92. The molecule has 102 valence electrons. The second kappa shape index (κ2) is 5.69. The normalized spacial score (nSPS) is 32.7. The summed E-state index contributed by atoms with van der Waals surface area (Å²) in [6, 6.07) is -0.356. The van der Waals surface area contributed by atoms with E-state index in [1.165, 1.54) is 0 Å². The van der Waals surface area contributed by atoms with Crippen LogP contribution in [-0.4, -0.2) is 36.5 Å². The fourth-order valence-corrected chi connectivity index (χ4v) is 2.84. The van der Waals surface area contributed by atoms with Crippen LogP contribution < -0.4 is 16.0 Å². The first kappa shape index (κ1) is 13.3. The highest BCUT2D eigenvalue weighted by Gasteiger charge is 2.40. The molecule has 2 amide bonds. The maximum Gasteiger partial charge on any atom is 0.242 e. The third kappa shape index (κ3) is 2.66. The Labute approximate surface area is 108 Å². The number of carbonyl (C=O) groups excluding carboxylic acids is 2. The minimum Gasteiger partial charge on any atom is -0.354 e. The van der Waals surface area contributed by atoms with Crippen molar-refractivity contribution in [3.63, 3.8) is 0 Å². The van der Waals surface area contributed by atoms with Gasteiger partial charge in [-0.05, 0) is 45.1 Å². The van der Waals surface area contributed by atoms with Crippen molar-refractivity contribution in [1.82, 2.24) is 16.0 Å². The molecule has 2 heterocycles. The Hall–Kier alpha value is -1.10. The molecular formula is C13H23N3O2. The summed E-state index contributed by atoms with van der Waals surface area (Å²) in [5.41, 5.74) is -0.452. The van der Waals surface area contributed by atoms with E-state index in [-0.39, 0.29) is 17.9 Å². The molecule has 5 heteroatoms. The minimum absolute atomic E-state index is 0.00968. The monoisotopic (exact) mass is 253 g/mol. The molecule has 2 aliphatic rings. The van der Waals surface area contributed by atoms with Crippen molar-refractivity contribution in [2.75, 3.05) is 13.1 Å². The summed E-state index contributed by atoms with van der Waals surface area (Å²) < 4.78 is 0. The van der Waals surface area contributed by atoms with Gasteiger partial charge < -0.3 is 16.0 Å². The Kier molecular flexibility index (Phi) is 4.22. The van der Waals surface area contributed by atoms with Crippen LogP contribution in [0.15, 0.2) is 0 Å². The van der Waals surface area contributed by atoms with Crippen LogP contribution in [0.2, 0.25) is 0 Å². The van der Waals surface area contributed by atoms with Crippen molar-refractivity contribution >= 4 is 11.8 Å². The molecule has 0 radical (unpaired) electrons. The van der Waals surface area contributed by atoms with Gasteiger partial charge in [0, 0.05) is 6.54 Å². The molecule has 2 atom stereocenters. The molecule has 0 aromatic heterocycles.